The zero-order valence-corrected chi connectivity index (χ0v) is 54.2. The zero-order chi connectivity index (χ0) is 59.2. The third-order valence-electron chi connectivity index (χ3n) is 15.3. The Morgan fingerprint density at radius 2 is 0.476 bits per heavy atom. The molecule has 0 radical (unpaired) electrons. The Morgan fingerprint density at radius 3 is 0.768 bits per heavy atom. The fourth-order valence-corrected chi connectivity index (χ4v) is 10.1. The Bertz CT molecular complexity index is 1590. The van der Waals surface area contributed by atoms with Gasteiger partial charge in [0.15, 0.2) is 6.10 Å². The lowest BCUT2D eigenvalue weighted by Crippen LogP contribution is -2.30. The smallest absolute Gasteiger partial charge is 0.306 e. The number of hydrogen-bond donors (Lipinski definition) is 0. The maximum Gasteiger partial charge on any atom is 0.306 e. The minimum absolute atomic E-state index is 0.0854. The Hall–Kier alpha value is -3.67. The van der Waals surface area contributed by atoms with Crippen molar-refractivity contribution in [2.45, 2.75) is 354 Å². The second kappa shape index (κ2) is 69.8. The van der Waals surface area contributed by atoms with E-state index in [1.54, 1.807) is 0 Å². The summed E-state index contributed by atoms with van der Waals surface area (Å²) in [6, 6.07) is 0. The predicted octanol–water partition coefficient (Wildman–Crippen LogP) is 24.4. The molecule has 0 aliphatic heterocycles. The van der Waals surface area contributed by atoms with E-state index in [0.29, 0.717) is 19.3 Å². The van der Waals surface area contributed by atoms with Crippen molar-refractivity contribution in [3.8, 4) is 0 Å². The lowest BCUT2D eigenvalue weighted by atomic mass is 10.0. The first kappa shape index (κ1) is 78.3. The van der Waals surface area contributed by atoms with Gasteiger partial charge in [-0.15, -0.1) is 0 Å². The van der Waals surface area contributed by atoms with E-state index >= 15 is 0 Å². The van der Waals surface area contributed by atoms with Gasteiger partial charge in [-0.3, -0.25) is 14.4 Å². The molecule has 472 valence electrons. The van der Waals surface area contributed by atoms with Gasteiger partial charge in [-0.05, 0) is 96.3 Å². The van der Waals surface area contributed by atoms with Gasteiger partial charge in [0.2, 0.25) is 0 Å². The molecule has 6 nitrogen and oxygen atoms in total. The topological polar surface area (TPSA) is 78.9 Å². The molecule has 0 saturated heterocycles. The van der Waals surface area contributed by atoms with Crippen LogP contribution in [0.3, 0.4) is 0 Å². The van der Waals surface area contributed by atoms with Gasteiger partial charge >= 0.3 is 17.9 Å². The molecule has 1 atom stereocenters. The number of ether oxygens (including phenoxy) is 3. The average Bonchev–Trinajstić information content (AvgIpc) is 3.47. The predicted molar refractivity (Wildman–Crippen MR) is 357 cm³/mol. The molecule has 0 spiro atoms. The summed E-state index contributed by atoms with van der Waals surface area (Å²) < 4.78 is 16.9. The Morgan fingerprint density at radius 1 is 0.256 bits per heavy atom. The molecule has 82 heavy (non-hydrogen) atoms. The molecular formula is C76H132O6. The Kier molecular flexibility index (Phi) is 66.7. The normalized spacial score (nSPS) is 12.7. The minimum atomic E-state index is -0.792. The van der Waals surface area contributed by atoms with Gasteiger partial charge in [-0.1, -0.05) is 330 Å². The number of esters is 3. The fraction of sp³-hybridized carbons (Fsp3) is 0.750. The van der Waals surface area contributed by atoms with Crippen molar-refractivity contribution in [1.29, 1.82) is 0 Å². The molecule has 0 aromatic heterocycles. The quantitative estimate of drug-likeness (QED) is 0.0261. The van der Waals surface area contributed by atoms with Crippen molar-refractivity contribution in [1.82, 2.24) is 0 Å². The summed E-state index contributed by atoms with van der Waals surface area (Å²) >= 11 is 0. The molecule has 6 heteroatoms. The van der Waals surface area contributed by atoms with Crippen LogP contribution in [0.4, 0.5) is 0 Å². The summed E-state index contributed by atoms with van der Waals surface area (Å²) in [6.07, 6.45) is 94.5. The molecule has 0 fully saturated rings. The van der Waals surface area contributed by atoms with Crippen molar-refractivity contribution >= 4 is 17.9 Å². The molecular weight excluding hydrogens is 1010 g/mol. The van der Waals surface area contributed by atoms with E-state index in [-0.39, 0.29) is 31.1 Å². The summed E-state index contributed by atoms with van der Waals surface area (Å²) in [5.41, 5.74) is 0. The Labute approximate surface area is 508 Å². The van der Waals surface area contributed by atoms with Crippen molar-refractivity contribution in [3.63, 3.8) is 0 Å². The monoisotopic (exact) mass is 1140 g/mol. The zero-order valence-electron chi connectivity index (χ0n) is 54.2. The van der Waals surface area contributed by atoms with E-state index in [0.717, 1.165) is 109 Å². The largest absolute Gasteiger partial charge is 0.462 e. The summed E-state index contributed by atoms with van der Waals surface area (Å²) in [5.74, 6) is -0.910. The summed E-state index contributed by atoms with van der Waals surface area (Å²) in [6.45, 7) is 6.42. The van der Waals surface area contributed by atoms with Crippen LogP contribution in [0.1, 0.15) is 348 Å². The summed E-state index contributed by atoms with van der Waals surface area (Å²) in [5, 5.41) is 0. The third kappa shape index (κ3) is 67.1. The number of allylic oxidation sites excluding steroid dienone is 16. The fourth-order valence-electron chi connectivity index (χ4n) is 10.1. The maximum atomic E-state index is 12.9. The highest BCUT2D eigenvalue weighted by Crippen LogP contribution is 2.18. The first-order valence-corrected chi connectivity index (χ1v) is 35.2. The minimum Gasteiger partial charge on any atom is -0.462 e. The van der Waals surface area contributed by atoms with E-state index in [1.807, 2.05) is 0 Å². The number of rotatable bonds is 64. The molecule has 0 amide bonds. The number of unbranched alkanes of at least 4 members (excludes halogenated alkanes) is 37. The second-order valence-electron chi connectivity index (χ2n) is 23.4. The van der Waals surface area contributed by atoms with Gasteiger partial charge in [0, 0.05) is 19.3 Å². The van der Waals surface area contributed by atoms with Crippen molar-refractivity contribution in [3.05, 3.63) is 97.2 Å². The van der Waals surface area contributed by atoms with Crippen LogP contribution in [-0.2, 0) is 28.6 Å². The average molecular weight is 1140 g/mol. The van der Waals surface area contributed by atoms with Crippen LogP contribution in [0.25, 0.3) is 0 Å². The van der Waals surface area contributed by atoms with Crippen LogP contribution < -0.4 is 0 Å². The molecule has 1 unspecified atom stereocenters. The molecule has 0 bridgehead atoms. The van der Waals surface area contributed by atoms with Crippen LogP contribution in [0, 0.1) is 0 Å². The van der Waals surface area contributed by atoms with E-state index in [2.05, 4.69) is 118 Å². The highest BCUT2D eigenvalue weighted by atomic mass is 16.6. The van der Waals surface area contributed by atoms with E-state index in [1.165, 1.54) is 199 Å². The molecule has 0 aromatic carbocycles. The highest BCUT2D eigenvalue weighted by Gasteiger charge is 2.19. The van der Waals surface area contributed by atoms with Crippen LogP contribution in [-0.4, -0.2) is 37.2 Å². The van der Waals surface area contributed by atoms with Crippen LogP contribution >= 0.6 is 0 Å². The molecule has 0 N–H and O–H groups in total. The van der Waals surface area contributed by atoms with E-state index in [4.69, 9.17) is 14.2 Å². The van der Waals surface area contributed by atoms with Gasteiger partial charge in [0.1, 0.15) is 13.2 Å². The summed E-state index contributed by atoms with van der Waals surface area (Å²) in [7, 11) is 0. The van der Waals surface area contributed by atoms with Crippen LogP contribution in [0.5, 0.6) is 0 Å². The first-order chi connectivity index (χ1) is 40.5. The van der Waals surface area contributed by atoms with Gasteiger partial charge in [-0.25, -0.2) is 0 Å². The lowest BCUT2D eigenvalue weighted by Gasteiger charge is -2.18. The van der Waals surface area contributed by atoms with Gasteiger partial charge in [0.05, 0.1) is 0 Å². The summed E-state index contributed by atoms with van der Waals surface area (Å²) in [4.78, 5) is 38.4. The van der Waals surface area contributed by atoms with Crippen molar-refractivity contribution in [2.24, 2.45) is 0 Å². The highest BCUT2D eigenvalue weighted by molar-refractivity contribution is 5.71. The van der Waals surface area contributed by atoms with Gasteiger partial charge < -0.3 is 14.2 Å². The molecule has 0 rings (SSSR count). The molecule has 0 aromatic rings. The SMILES string of the molecule is CC/C=C\C/C=C\C/C=C\C/C=C\CCCCCCCCCCCCCCCCCCCCCCC(=O)OCC(COC(=O)CCCC/C=C\C/C=C\C/C=C\C/C=C\CC)OC(=O)CCCCCCCCCCCCCCCCCC. The second-order valence-corrected chi connectivity index (χ2v) is 23.4. The van der Waals surface area contributed by atoms with Crippen LogP contribution in [0.2, 0.25) is 0 Å². The molecule has 0 heterocycles. The standard InChI is InChI=1S/C76H132O6/c1-4-7-10-13-16-19-22-25-28-30-31-32-33-34-35-36-37-38-39-40-41-42-43-44-45-46-49-51-54-57-60-63-66-69-75(78)81-72-73(71-80-74(77)68-65-62-59-56-53-50-47-27-24-21-18-15-12-9-6-3)82-76(79)70-67-64-61-58-55-52-48-29-26-23-20-17-14-11-8-5-2/h7,9-10,12,16,18-19,21,25,27-28,31-32,47,53,56,73H,4-6,8,11,13-15,17,20,22-24,26,29-30,33-46,48-52,54-55,57-72H2,1-3H3/b10-7-,12-9-,19-16-,21-18-,28-25-,32-31-,47-27-,56-53-. The number of carbonyl (C=O) groups is 3. The van der Waals surface area contributed by atoms with Crippen LogP contribution in [0.15, 0.2) is 97.2 Å². The Balaban J connectivity index is 4.18. The molecule has 0 aliphatic rings. The lowest BCUT2D eigenvalue weighted by molar-refractivity contribution is -0.167. The van der Waals surface area contributed by atoms with E-state index < -0.39 is 6.10 Å². The van der Waals surface area contributed by atoms with E-state index in [9.17, 15) is 14.4 Å². The van der Waals surface area contributed by atoms with Crippen molar-refractivity contribution in [2.75, 3.05) is 13.2 Å². The molecule has 0 saturated carbocycles. The van der Waals surface area contributed by atoms with Gasteiger partial charge in [0.25, 0.3) is 0 Å². The first-order valence-electron chi connectivity index (χ1n) is 35.2. The maximum absolute atomic E-state index is 12.9. The number of carbonyl (C=O) groups excluding carboxylic acids is 3. The van der Waals surface area contributed by atoms with Gasteiger partial charge in [-0.2, -0.15) is 0 Å². The number of hydrogen-bond acceptors (Lipinski definition) is 6. The molecule has 0 aliphatic carbocycles. The third-order valence-corrected chi connectivity index (χ3v) is 15.3. The van der Waals surface area contributed by atoms with Crippen molar-refractivity contribution < 1.29 is 28.6 Å².